The molecule has 0 fully saturated rings. The molecule has 0 bridgehead atoms. The van der Waals surface area contributed by atoms with Crippen molar-refractivity contribution in [3.63, 3.8) is 0 Å². The van der Waals surface area contributed by atoms with Crippen LogP contribution in [0.2, 0.25) is 0 Å². The number of nitrogens with one attached hydrogen (secondary N) is 1. The maximum atomic E-state index is 12.0. The zero-order valence-electron chi connectivity index (χ0n) is 12.0. The maximum Gasteiger partial charge on any atom is 0.274 e. The van der Waals surface area contributed by atoms with Gasteiger partial charge in [-0.1, -0.05) is 5.16 Å². The van der Waals surface area contributed by atoms with E-state index in [4.69, 9.17) is 18.7 Å². The fourth-order valence-corrected chi connectivity index (χ4v) is 1.68. The van der Waals surface area contributed by atoms with Gasteiger partial charge in [-0.15, -0.1) is 0 Å². The van der Waals surface area contributed by atoms with Crippen LogP contribution in [0.5, 0.6) is 0 Å². The van der Waals surface area contributed by atoms with Crippen molar-refractivity contribution in [2.45, 2.75) is 25.9 Å². The zero-order valence-corrected chi connectivity index (χ0v) is 12.0. The Hall–Kier alpha value is -1.48. The smallest absolute Gasteiger partial charge is 0.274 e. The van der Waals surface area contributed by atoms with Crippen LogP contribution in [0.4, 0.5) is 0 Å². The van der Waals surface area contributed by atoms with Crippen LogP contribution >= 0.6 is 0 Å². The van der Waals surface area contributed by atoms with Crippen molar-refractivity contribution in [3.8, 4) is 0 Å². The van der Waals surface area contributed by atoms with Crippen molar-refractivity contribution in [3.05, 3.63) is 17.0 Å². The highest BCUT2D eigenvalue weighted by Gasteiger charge is 2.25. The van der Waals surface area contributed by atoms with Gasteiger partial charge in [0.05, 0.1) is 18.2 Å². The van der Waals surface area contributed by atoms with Crippen LogP contribution in [0.15, 0.2) is 4.52 Å². The largest absolute Gasteiger partial charge is 0.388 e. The van der Waals surface area contributed by atoms with E-state index in [1.807, 2.05) is 0 Å². The van der Waals surface area contributed by atoms with Gasteiger partial charge in [0.2, 0.25) is 0 Å². The molecule has 114 valence electrons. The Morgan fingerprint density at radius 3 is 2.55 bits per heavy atom. The molecule has 8 heteroatoms. The predicted molar refractivity (Wildman–Crippen MR) is 68.0 cm³/mol. The molecular formula is C12H20N2O6. The summed E-state index contributed by atoms with van der Waals surface area (Å²) in [5.74, 6) is -0.159. The molecular weight excluding hydrogens is 268 g/mol. The molecule has 1 unspecified atom stereocenters. The Morgan fingerprint density at radius 1 is 1.40 bits per heavy atom. The molecule has 0 spiro atoms. The van der Waals surface area contributed by atoms with Crippen LogP contribution in [0, 0.1) is 0 Å². The van der Waals surface area contributed by atoms with Crippen molar-refractivity contribution in [2.75, 3.05) is 27.9 Å². The third-order valence-corrected chi connectivity index (χ3v) is 2.67. The number of nitrogens with zero attached hydrogens (tertiary/aromatic N) is 1. The second kappa shape index (κ2) is 7.95. The number of aromatic nitrogens is 1. The number of aliphatic hydroxyl groups excluding tert-OH is 1. The number of ether oxygens (including phenoxy) is 3. The van der Waals surface area contributed by atoms with Gasteiger partial charge in [0.25, 0.3) is 5.91 Å². The van der Waals surface area contributed by atoms with E-state index in [1.165, 1.54) is 28.3 Å². The molecule has 0 saturated carbocycles. The van der Waals surface area contributed by atoms with Crippen LogP contribution in [-0.4, -0.2) is 50.3 Å². The molecule has 0 aromatic carbocycles. The van der Waals surface area contributed by atoms with Crippen molar-refractivity contribution in [1.82, 2.24) is 10.5 Å². The van der Waals surface area contributed by atoms with E-state index in [0.29, 0.717) is 11.3 Å². The molecule has 0 aliphatic carbocycles. The van der Waals surface area contributed by atoms with Gasteiger partial charge < -0.3 is 29.2 Å². The van der Waals surface area contributed by atoms with Crippen LogP contribution < -0.4 is 5.32 Å². The molecule has 1 atom stereocenters. The zero-order chi connectivity index (χ0) is 15.1. The van der Waals surface area contributed by atoms with Crippen molar-refractivity contribution >= 4 is 5.91 Å². The summed E-state index contributed by atoms with van der Waals surface area (Å²) in [6.45, 7) is 1.80. The van der Waals surface area contributed by atoms with E-state index in [0.717, 1.165) is 0 Å². The van der Waals surface area contributed by atoms with Gasteiger partial charge >= 0.3 is 0 Å². The topological polar surface area (TPSA) is 103 Å². The first-order chi connectivity index (χ1) is 9.54. The number of aliphatic hydroxyl groups is 1. The van der Waals surface area contributed by atoms with Crippen molar-refractivity contribution in [2.24, 2.45) is 0 Å². The van der Waals surface area contributed by atoms with E-state index < -0.39 is 18.3 Å². The number of carbonyl (C=O) groups excluding carboxylic acids is 1. The molecule has 1 aromatic rings. The Kier molecular flexibility index (Phi) is 6.59. The minimum absolute atomic E-state index is 0.0259. The first kappa shape index (κ1) is 16.6. The van der Waals surface area contributed by atoms with Crippen LogP contribution in [0.1, 0.15) is 34.8 Å². The van der Waals surface area contributed by atoms with E-state index in [2.05, 4.69) is 10.5 Å². The van der Waals surface area contributed by atoms with E-state index >= 15 is 0 Å². The molecule has 0 aliphatic rings. The quantitative estimate of drug-likeness (QED) is 0.660. The first-order valence-electron chi connectivity index (χ1n) is 6.04. The highest BCUT2D eigenvalue weighted by Crippen LogP contribution is 2.22. The maximum absolute atomic E-state index is 12.0. The highest BCUT2D eigenvalue weighted by atomic mass is 16.7. The molecule has 20 heavy (non-hydrogen) atoms. The van der Waals surface area contributed by atoms with Gasteiger partial charge in [-0.3, -0.25) is 4.79 Å². The second-order valence-electron chi connectivity index (χ2n) is 4.09. The first-order valence-corrected chi connectivity index (χ1v) is 6.04. The normalized spacial score (nSPS) is 12.7. The van der Waals surface area contributed by atoms with Gasteiger partial charge in [-0.05, 0) is 6.92 Å². The summed E-state index contributed by atoms with van der Waals surface area (Å²) in [5.41, 5.74) is 0.341. The Balaban J connectivity index is 2.82. The fourth-order valence-electron chi connectivity index (χ4n) is 1.68. The lowest BCUT2D eigenvalue weighted by Gasteiger charge is -2.13. The van der Waals surface area contributed by atoms with Crippen LogP contribution in [0.3, 0.4) is 0 Å². The molecule has 8 nitrogen and oxygen atoms in total. The molecule has 1 rings (SSSR count). The predicted octanol–water partition coefficient (Wildman–Crippen LogP) is 0.223. The SMILES string of the molecule is COCc1onc(C(=O)NCC(OC)OC)c1C(C)O. The molecule has 1 heterocycles. The number of methoxy groups -OCH3 is 3. The summed E-state index contributed by atoms with van der Waals surface area (Å²) in [6, 6.07) is 0. The summed E-state index contributed by atoms with van der Waals surface area (Å²) >= 11 is 0. The lowest BCUT2D eigenvalue weighted by molar-refractivity contribution is -0.0974. The minimum Gasteiger partial charge on any atom is -0.388 e. The fraction of sp³-hybridized carbons (Fsp3) is 0.667. The van der Waals surface area contributed by atoms with Crippen molar-refractivity contribution < 1.29 is 28.6 Å². The Morgan fingerprint density at radius 2 is 2.05 bits per heavy atom. The van der Waals surface area contributed by atoms with E-state index in [1.54, 1.807) is 0 Å². The lowest BCUT2D eigenvalue weighted by atomic mass is 10.1. The van der Waals surface area contributed by atoms with Crippen LogP contribution in [0.25, 0.3) is 0 Å². The summed E-state index contributed by atoms with van der Waals surface area (Å²) in [6.07, 6.45) is -1.45. The number of hydrogen-bond donors (Lipinski definition) is 2. The molecule has 2 N–H and O–H groups in total. The third kappa shape index (κ3) is 4.01. The van der Waals surface area contributed by atoms with Crippen LogP contribution in [-0.2, 0) is 20.8 Å². The molecule has 1 amide bonds. The summed E-state index contributed by atoms with van der Waals surface area (Å²) in [4.78, 5) is 12.0. The van der Waals surface area contributed by atoms with Gasteiger partial charge in [0.1, 0.15) is 6.61 Å². The Bertz CT molecular complexity index is 428. The average molecular weight is 288 g/mol. The third-order valence-electron chi connectivity index (χ3n) is 2.67. The van der Waals surface area contributed by atoms with Gasteiger partial charge in [-0.25, -0.2) is 0 Å². The second-order valence-corrected chi connectivity index (χ2v) is 4.09. The Labute approximate surface area is 117 Å². The number of hydrogen-bond acceptors (Lipinski definition) is 7. The number of carbonyl (C=O) groups is 1. The van der Waals surface area contributed by atoms with Crippen molar-refractivity contribution in [1.29, 1.82) is 0 Å². The van der Waals surface area contributed by atoms with Gasteiger partial charge in [0, 0.05) is 21.3 Å². The average Bonchev–Trinajstić information content (AvgIpc) is 2.84. The standard InChI is InChI=1S/C12H20N2O6/c1-7(15)10-8(6-17-2)20-14-11(10)12(16)13-5-9(18-3)19-4/h7,9,15H,5-6H2,1-4H3,(H,13,16). The molecule has 1 aromatic heterocycles. The molecule has 0 saturated heterocycles. The molecule has 0 aliphatic heterocycles. The van der Waals surface area contributed by atoms with E-state index in [9.17, 15) is 9.90 Å². The number of amides is 1. The minimum atomic E-state index is -0.896. The van der Waals surface area contributed by atoms with E-state index in [-0.39, 0.29) is 18.8 Å². The lowest BCUT2D eigenvalue weighted by Crippen LogP contribution is -2.34. The highest BCUT2D eigenvalue weighted by molar-refractivity contribution is 5.93. The molecule has 0 radical (unpaired) electrons. The van der Waals surface area contributed by atoms with Gasteiger partial charge in [0.15, 0.2) is 17.7 Å². The number of rotatable bonds is 8. The summed E-state index contributed by atoms with van der Waals surface area (Å²) in [7, 11) is 4.42. The van der Waals surface area contributed by atoms with Gasteiger partial charge in [-0.2, -0.15) is 0 Å². The summed E-state index contributed by atoms with van der Waals surface area (Å²) in [5, 5.41) is 16.0. The summed E-state index contributed by atoms with van der Waals surface area (Å²) < 4.78 is 19.9. The monoisotopic (exact) mass is 288 g/mol.